The zero-order valence-corrected chi connectivity index (χ0v) is 17.0. The standard InChI is InChI=1S/C21H25N3O4S/c25-21(23-14-17-10-11-20(22-13-17)28-15-16-8-9-16)19-7-4-12-24(19)29(26,27)18-5-2-1-3-6-18/h1-3,5-6,10-11,13,16,19H,4,7-9,12,14-15H2,(H,23,25). The third-order valence-corrected chi connectivity index (χ3v) is 7.21. The van der Waals surface area contributed by atoms with Crippen molar-refractivity contribution in [2.24, 2.45) is 5.92 Å². The van der Waals surface area contributed by atoms with Crippen molar-refractivity contribution in [1.82, 2.24) is 14.6 Å². The highest BCUT2D eigenvalue weighted by Crippen LogP contribution is 2.29. The van der Waals surface area contributed by atoms with E-state index in [2.05, 4.69) is 10.3 Å². The molecule has 4 rings (SSSR count). The summed E-state index contributed by atoms with van der Waals surface area (Å²) in [6.45, 7) is 1.35. The van der Waals surface area contributed by atoms with Crippen molar-refractivity contribution in [3.63, 3.8) is 0 Å². The zero-order chi connectivity index (χ0) is 20.3. The number of hydrogen-bond donors (Lipinski definition) is 1. The topological polar surface area (TPSA) is 88.6 Å². The predicted molar refractivity (Wildman–Crippen MR) is 108 cm³/mol. The molecule has 1 saturated carbocycles. The van der Waals surface area contributed by atoms with Crippen molar-refractivity contribution in [3.8, 4) is 5.88 Å². The third kappa shape index (κ3) is 4.76. The monoisotopic (exact) mass is 415 g/mol. The number of rotatable bonds is 8. The lowest BCUT2D eigenvalue weighted by Crippen LogP contribution is -2.45. The molecule has 154 valence electrons. The molecule has 2 heterocycles. The van der Waals surface area contributed by atoms with E-state index in [1.807, 2.05) is 6.07 Å². The Bertz CT molecular complexity index is 944. The molecule has 1 saturated heterocycles. The summed E-state index contributed by atoms with van der Waals surface area (Å²) in [4.78, 5) is 17.2. The highest BCUT2D eigenvalue weighted by molar-refractivity contribution is 7.89. The molecule has 1 aromatic carbocycles. The lowest BCUT2D eigenvalue weighted by molar-refractivity contribution is -0.124. The van der Waals surface area contributed by atoms with Crippen LogP contribution in [-0.2, 0) is 21.4 Å². The normalized spacial score (nSPS) is 19.8. The Morgan fingerprint density at radius 3 is 2.62 bits per heavy atom. The van der Waals surface area contributed by atoms with Gasteiger partial charge >= 0.3 is 0 Å². The molecule has 1 atom stereocenters. The summed E-state index contributed by atoms with van der Waals surface area (Å²) in [5.74, 6) is 0.969. The van der Waals surface area contributed by atoms with Crippen LogP contribution in [0.1, 0.15) is 31.2 Å². The van der Waals surface area contributed by atoms with E-state index in [1.54, 1.807) is 42.6 Å². The summed E-state index contributed by atoms with van der Waals surface area (Å²) in [7, 11) is -3.69. The molecular weight excluding hydrogens is 390 g/mol. The Morgan fingerprint density at radius 1 is 1.14 bits per heavy atom. The van der Waals surface area contributed by atoms with Crippen LogP contribution in [0.25, 0.3) is 0 Å². The van der Waals surface area contributed by atoms with Crippen LogP contribution < -0.4 is 10.1 Å². The van der Waals surface area contributed by atoms with Crippen LogP contribution in [0.5, 0.6) is 5.88 Å². The summed E-state index contributed by atoms with van der Waals surface area (Å²) in [5, 5.41) is 2.85. The van der Waals surface area contributed by atoms with Gasteiger partial charge in [-0.3, -0.25) is 4.79 Å². The quantitative estimate of drug-likeness (QED) is 0.715. The van der Waals surface area contributed by atoms with Gasteiger partial charge in [0.1, 0.15) is 6.04 Å². The number of hydrogen-bond acceptors (Lipinski definition) is 5. The van der Waals surface area contributed by atoms with E-state index < -0.39 is 16.1 Å². The van der Waals surface area contributed by atoms with E-state index in [4.69, 9.17) is 4.74 Å². The lowest BCUT2D eigenvalue weighted by atomic mass is 10.2. The maximum absolute atomic E-state index is 12.9. The SMILES string of the molecule is O=C(NCc1ccc(OCC2CC2)nc1)C1CCCN1S(=O)(=O)c1ccccc1. The first-order valence-corrected chi connectivity index (χ1v) is 11.4. The highest BCUT2D eigenvalue weighted by Gasteiger charge is 2.39. The van der Waals surface area contributed by atoms with E-state index in [0.717, 1.165) is 5.56 Å². The van der Waals surface area contributed by atoms with Gasteiger partial charge in [0, 0.05) is 25.4 Å². The average Bonchev–Trinajstić information content (AvgIpc) is 3.44. The summed E-state index contributed by atoms with van der Waals surface area (Å²) >= 11 is 0. The van der Waals surface area contributed by atoms with Crippen molar-refractivity contribution < 1.29 is 17.9 Å². The second kappa shape index (κ2) is 8.51. The number of carbonyl (C=O) groups is 1. The number of carbonyl (C=O) groups excluding carboxylic acids is 1. The molecule has 1 amide bonds. The first kappa shape index (κ1) is 19.8. The predicted octanol–water partition coefficient (Wildman–Crippen LogP) is 2.34. The molecule has 1 aliphatic carbocycles. The lowest BCUT2D eigenvalue weighted by Gasteiger charge is -2.23. The van der Waals surface area contributed by atoms with Crippen molar-refractivity contribution >= 4 is 15.9 Å². The Hall–Kier alpha value is -2.45. The van der Waals surface area contributed by atoms with Crippen molar-refractivity contribution in [1.29, 1.82) is 0 Å². The molecule has 0 radical (unpaired) electrons. The molecule has 2 aliphatic rings. The Kier molecular flexibility index (Phi) is 5.82. The number of ether oxygens (including phenoxy) is 1. The van der Waals surface area contributed by atoms with Gasteiger partial charge in [-0.2, -0.15) is 4.31 Å². The molecule has 1 N–H and O–H groups in total. The van der Waals surface area contributed by atoms with E-state index in [-0.39, 0.29) is 10.8 Å². The van der Waals surface area contributed by atoms with Gasteiger partial charge in [0.25, 0.3) is 0 Å². The van der Waals surface area contributed by atoms with Gasteiger partial charge in [0.05, 0.1) is 11.5 Å². The van der Waals surface area contributed by atoms with Crippen LogP contribution in [0.4, 0.5) is 0 Å². The third-order valence-electron chi connectivity index (χ3n) is 5.28. The number of aromatic nitrogens is 1. The zero-order valence-electron chi connectivity index (χ0n) is 16.2. The van der Waals surface area contributed by atoms with Crippen LogP contribution in [0.15, 0.2) is 53.6 Å². The molecule has 2 fully saturated rings. The van der Waals surface area contributed by atoms with Gasteiger partial charge in [-0.05, 0) is 49.3 Å². The summed E-state index contributed by atoms with van der Waals surface area (Å²) in [5.41, 5.74) is 0.840. The number of amides is 1. The fourth-order valence-corrected chi connectivity index (χ4v) is 5.09. The fraction of sp³-hybridized carbons (Fsp3) is 0.429. The largest absolute Gasteiger partial charge is 0.477 e. The second-order valence-corrected chi connectivity index (χ2v) is 9.45. The first-order chi connectivity index (χ1) is 14.0. The molecule has 1 unspecified atom stereocenters. The molecule has 29 heavy (non-hydrogen) atoms. The number of benzene rings is 1. The Morgan fingerprint density at radius 2 is 1.93 bits per heavy atom. The molecule has 1 aliphatic heterocycles. The van der Waals surface area contributed by atoms with Gasteiger partial charge in [-0.15, -0.1) is 0 Å². The average molecular weight is 416 g/mol. The summed E-state index contributed by atoms with van der Waals surface area (Å²) in [6, 6.07) is 11.2. The van der Waals surface area contributed by atoms with Gasteiger partial charge in [0.2, 0.25) is 21.8 Å². The van der Waals surface area contributed by atoms with Crippen LogP contribution >= 0.6 is 0 Å². The van der Waals surface area contributed by atoms with Crippen molar-refractivity contribution in [3.05, 3.63) is 54.2 Å². The maximum Gasteiger partial charge on any atom is 0.243 e. The molecule has 8 heteroatoms. The molecule has 7 nitrogen and oxygen atoms in total. The van der Waals surface area contributed by atoms with Gasteiger partial charge in [-0.1, -0.05) is 24.3 Å². The minimum absolute atomic E-state index is 0.214. The smallest absolute Gasteiger partial charge is 0.243 e. The number of sulfonamides is 1. The first-order valence-electron chi connectivity index (χ1n) is 9.96. The Labute approximate surface area is 171 Å². The number of nitrogens with zero attached hydrogens (tertiary/aromatic N) is 2. The summed E-state index contributed by atoms with van der Waals surface area (Å²) in [6.07, 6.45) is 5.31. The van der Waals surface area contributed by atoms with Crippen LogP contribution in [0.2, 0.25) is 0 Å². The van der Waals surface area contributed by atoms with Crippen molar-refractivity contribution in [2.75, 3.05) is 13.2 Å². The van der Waals surface area contributed by atoms with Gasteiger partial charge < -0.3 is 10.1 Å². The summed E-state index contributed by atoms with van der Waals surface area (Å²) < 4.78 is 32.7. The molecule has 1 aromatic heterocycles. The van der Waals surface area contributed by atoms with Crippen LogP contribution in [0.3, 0.4) is 0 Å². The number of pyridine rings is 1. The fourth-order valence-electron chi connectivity index (χ4n) is 3.41. The molecule has 0 bridgehead atoms. The second-order valence-electron chi connectivity index (χ2n) is 7.56. The van der Waals surface area contributed by atoms with Gasteiger partial charge in [0.15, 0.2) is 0 Å². The van der Waals surface area contributed by atoms with Gasteiger partial charge in [-0.25, -0.2) is 13.4 Å². The maximum atomic E-state index is 12.9. The molecule has 2 aromatic rings. The Balaban J connectivity index is 1.35. The van der Waals surface area contributed by atoms with Crippen molar-refractivity contribution in [2.45, 2.75) is 43.2 Å². The minimum atomic E-state index is -3.69. The van der Waals surface area contributed by atoms with E-state index in [1.165, 1.54) is 17.1 Å². The molecular formula is C21H25N3O4S. The van der Waals surface area contributed by atoms with E-state index in [0.29, 0.717) is 44.3 Å². The van der Waals surface area contributed by atoms with E-state index >= 15 is 0 Å². The minimum Gasteiger partial charge on any atom is -0.477 e. The molecule has 0 spiro atoms. The highest BCUT2D eigenvalue weighted by atomic mass is 32.2. The number of nitrogens with one attached hydrogen (secondary N) is 1. The van der Waals surface area contributed by atoms with Crippen LogP contribution in [0, 0.1) is 5.92 Å². The van der Waals surface area contributed by atoms with E-state index in [9.17, 15) is 13.2 Å². The van der Waals surface area contributed by atoms with Crippen LogP contribution in [-0.4, -0.2) is 42.8 Å².